The number of para-hydroxylation sites is 2. The molecule has 0 bridgehead atoms. The number of hydrogen-bond acceptors (Lipinski definition) is 5. The first-order valence-electron chi connectivity index (χ1n) is 6.30. The monoisotopic (exact) mass is 274 g/mol. The highest BCUT2D eigenvalue weighted by Crippen LogP contribution is 2.33. The van der Waals surface area contributed by atoms with E-state index in [-0.39, 0.29) is 5.91 Å². The van der Waals surface area contributed by atoms with Crippen LogP contribution in [0.15, 0.2) is 34.9 Å². The molecule has 0 aliphatic carbocycles. The molecule has 0 fully saturated rings. The van der Waals surface area contributed by atoms with Gasteiger partial charge in [-0.05, 0) is 26.0 Å². The van der Waals surface area contributed by atoms with Gasteiger partial charge in [0, 0.05) is 6.07 Å². The molecule has 0 saturated heterocycles. The Morgan fingerprint density at radius 3 is 2.60 bits per heavy atom. The minimum absolute atomic E-state index is 0.319. The van der Waals surface area contributed by atoms with Crippen LogP contribution in [0.2, 0.25) is 0 Å². The Hall–Kier alpha value is -2.50. The van der Waals surface area contributed by atoms with Crippen molar-refractivity contribution in [3.05, 3.63) is 36.1 Å². The number of amides is 1. The standard InChI is InChI=1S/C14H14N2O4/c1-8-7-12(16-20-8)15-14(17)13-9(2)18-10-5-3-4-6-11(10)19-13/h3-7,9,13H,1-2H3,(H,15,16,17)/t9-,13-/m1/s1. The molecule has 3 rings (SSSR count). The van der Waals surface area contributed by atoms with Crippen molar-refractivity contribution in [3.8, 4) is 11.5 Å². The minimum Gasteiger partial charge on any atom is -0.482 e. The van der Waals surface area contributed by atoms with Crippen LogP contribution in [0.3, 0.4) is 0 Å². The Bertz CT molecular complexity index is 638. The number of rotatable bonds is 2. The molecule has 0 unspecified atom stereocenters. The molecular formula is C14H14N2O4. The zero-order valence-electron chi connectivity index (χ0n) is 11.1. The second-order valence-electron chi connectivity index (χ2n) is 4.62. The van der Waals surface area contributed by atoms with Gasteiger partial charge in [0.25, 0.3) is 5.91 Å². The van der Waals surface area contributed by atoms with E-state index in [1.165, 1.54) is 0 Å². The Morgan fingerprint density at radius 2 is 1.95 bits per heavy atom. The van der Waals surface area contributed by atoms with Crippen LogP contribution in [0.25, 0.3) is 0 Å². The van der Waals surface area contributed by atoms with Crippen molar-refractivity contribution in [3.63, 3.8) is 0 Å². The van der Waals surface area contributed by atoms with Crippen molar-refractivity contribution >= 4 is 11.7 Å². The number of carbonyl (C=O) groups is 1. The van der Waals surface area contributed by atoms with Gasteiger partial charge in [0.15, 0.2) is 17.3 Å². The van der Waals surface area contributed by atoms with E-state index in [0.29, 0.717) is 23.1 Å². The predicted molar refractivity (Wildman–Crippen MR) is 70.8 cm³/mol. The van der Waals surface area contributed by atoms with Gasteiger partial charge in [-0.15, -0.1) is 0 Å². The summed E-state index contributed by atoms with van der Waals surface area (Å²) < 4.78 is 16.3. The Morgan fingerprint density at radius 1 is 1.25 bits per heavy atom. The predicted octanol–water partition coefficient (Wildman–Crippen LogP) is 2.15. The number of aromatic nitrogens is 1. The number of hydrogen-bond donors (Lipinski definition) is 1. The molecule has 6 nitrogen and oxygen atoms in total. The summed E-state index contributed by atoms with van der Waals surface area (Å²) in [5, 5.41) is 6.36. The van der Waals surface area contributed by atoms with E-state index in [2.05, 4.69) is 10.5 Å². The summed E-state index contributed by atoms with van der Waals surface area (Å²) >= 11 is 0. The summed E-state index contributed by atoms with van der Waals surface area (Å²) in [6, 6.07) is 8.89. The molecule has 104 valence electrons. The number of nitrogens with zero attached hydrogens (tertiary/aromatic N) is 1. The largest absolute Gasteiger partial charge is 0.482 e. The maximum atomic E-state index is 12.2. The summed E-state index contributed by atoms with van der Waals surface area (Å²) in [6.45, 7) is 3.54. The van der Waals surface area contributed by atoms with Crippen LogP contribution in [-0.2, 0) is 4.79 Å². The molecule has 1 N–H and O–H groups in total. The molecule has 2 aromatic rings. The Kier molecular flexibility index (Phi) is 3.06. The third-order valence-electron chi connectivity index (χ3n) is 2.98. The van der Waals surface area contributed by atoms with Gasteiger partial charge in [-0.3, -0.25) is 4.79 Å². The first-order valence-corrected chi connectivity index (χ1v) is 6.30. The highest BCUT2D eigenvalue weighted by molar-refractivity contribution is 5.94. The van der Waals surface area contributed by atoms with Gasteiger partial charge in [-0.2, -0.15) is 0 Å². The van der Waals surface area contributed by atoms with Crippen LogP contribution in [0.4, 0.5) is 5.82 Å². The normalized spacial score (nSPS) is 20.5. The molecule has 20 heavy (non-hydrogen) atoms. The molecule has 1 amide bonds. The van der Waals surface area contributed by atoms with E-state index in [9.17, 15) is 4.79 Å². The number of nitrogens with one attached hydrogen (secondary N) is 1. The van der Waals surface area contributed by atoms with E-state index in [4.69, 9.17) is 14.0 Å². The molecule has 1 aliphatic heterocycles. The highest BCUT2D eigenvalue weighted by atomic mass is 16.6. The molecule has 1 aliphatic rings. The second kappa shape index (κ2) is 4.88. The molecule has 2 heterocycles. The summed E-state index contributed by atoms with van der Waals surface area (Å²) in [5.74, 6) is 1.87. The fourth-order valence-corrected chi connectivity index (χ4v) is 2.03. The fourth-order valence-electron chi connectivity index (χ4n) is 2.03. The lowest BCUT2D eigenvalue weighted by Crippen LogP contribution is -2.46. The average molecular weight is 274 g/mol. The molecule has 0 spiro atoms. The van der Waals surface area contributed by atoms with Gasteiger partial charge in [0.2, 0.25) is 6.10 Å². The lowest BCUT2D eigenvalue weighted by atomic mass is 10.1. The van der Waals surface area contributed by atoms with Crippen LogP contribution < -0.4 is 14.8 Å². The maximum absolute atomic E-state index is 12.2. The van der Waals surface area contributed by atoms with Crippen LogP contribution in [0.1, 0.15) is 12.7 Å². The molecule has 1 aromatic carbocycles. The summed E-state index contributed by atoms with van der Waals surface area (Å²) in [4.78, 5) is 12.2. The summed E-state index contributed by atoms with van der Waals surface area (Å²) in [7, 11) is 0. The number of fused-ring (bicyclic) bond motifs is 1. The third-order valence-corrected chi connectivity index (χ3v) is 2.98. The number of aryl methyl sites for hydroxylation is 1. The fraction of sp³-hybridized carbons (Fsp3) is 0.286. The number of ether oxygens (including phenoxy) is 2. The van der Waals surface area contributed by atoms with Crippen molar-refractivity contribution < 1.29 is 18.8 Å². The SMILES string of the molecule is Cc1cc(NC(=O)[C@@H]2Oc3ccccc3O[C@@H]2C)no1. The number of anilines is 1. The highest BCUT2D eigenvalue weighted by Gasteiger charge is 2.34. The van der Waals surface area contributed by atoms with Crippen LogP contribution >= 0.6 is 0 Å². The smallest absolute Gasteiger partial charge is 0.270 e. The average Bonchev–Trinajstić information content (AvgIpc) is 2.83. The molecular weight excluding hydrogens is 260 g/mol. The van der Waals surface area contributed by atoms with Crippen molar-refractivity contribution in [1.29, 1.82) is 0 Å². The van der Waals surface area contributed by atoms with Crippen LogP contribution in [0.5, 0.6) is 11.5 Å². The van der Waals surface area contributed by atoms with E-state index in [1.807, 2.05) is 12.1 Å². The third kappa shape index (κ3) is 2.32. The van der Waals surface area contributed by atoms with Gasteiger partial charge in [0.1, 0.15) is 11.9 Å². The Labute approximate surface area is 115 Å². The molecule has 2 atom stereocenters. The van der Waals surface area contributed by atoms with Crippen molar-refractivity contribution in [2.45, 2.75) is 26.1 Å². The topological polar surface area (TPSA) is 73.6 Å². The lowest BCUT2D eigenvalue weighted by molar-refractivity contribution is -0.128. The quantitative estimate of drug-likeness (QED) is 0.908. The Balaban J connectivity index is 1.75. The van der Waals surface area contributed by atoms with Gasteiger partial charge in [-0.25, -0.2) is 0 Å². The zero-order valence-corrected chi connectivity index (χ0v) is 11.1. The molecule has 6 heteroatoms. The van der Waals surface area contributed by atoms with E-state index in [1.54, 1.807) is 32.0 Å². The second-order valence-corrected chi connectivity index (χ2v) is 4.62. The lowest BCUT2D eigenvalue weighted by Gasteiger charge is -2.30. The number of carbonyl (C=O) groups excluding carboxylic acids is 1. The van der Waals surface area contributed by atoms with Crippen molar-refractivity contribution in [1.82, 2.24) is 5.16 Å². The van der Waals surface area contributed by atoms with Crippen LogP contribution in [0, 0.1) is 6.92 Å². The van der Waals surface area contributed by atoms with Crippen LogP contribution in [-0.4, -0.2) is 23.3 Å². The number of benzene rings is 1. The van der Waals surface area contributed by atoms with Crippen molar-refractivity contribution in [2.75, 3.05) is 5.32 Å². The van der Waals surface area contributed by atoms with E-state index < -0.39 is 12.2 Å². The van der Waals surface area contributed by atoms with Crippen molar-refractivity contribution in [2.24, 2.45) is 0 Å². The molecule has 1 aromatic heterocycles. The zero-order chi connectivity index (χ0) is 14.1. The van der Waals surface area contributed by atoms with Gasteiger partial charge in [0.05, 0.1) is 0 Å². The summed E-state index contributed by atoms with van der Waals surface area (Å²) in [6.07, 6.45) is -1.13. The first-order chi connectivity index (χ1) is 9.63. The maximum Gasteiger partial charge on any atom is 0.270 e. The van der Waals surface area contributed by atoms with Gasteiger partial charge in [-0.1, -0.05) is 17.3 Å². The minimum atomic E-state index is -0.734. The van der Waals surface area contributed by atoms with E-state index in [0.717, 1.165) is 0 Å². The first kappa shape index (κ1) is 12.5. The summed E-state index contributed by atoms with van der Waals surface area (Å²) in [5.41, 5.74) is 0. The van der Waals surface area contributed by atoms with Gasteiger partial charge < -0.3 is 19.3 Å². The van der Waals surface area contributed by atoms with E-state index >= 15 is 0 Å². The molecule has 0 saturated carbocycles. The molecule has 0 radical (unpaired) electrons. The van der Waals surface area contributed by atoms with Gasteiger partial charge >= 0.3 is 0 Å².